The predicted molar refractivity (Wildman–Crippen MR) is 189 cm³/mol. The van der Waals surface area contributed by atoms with Crippen molar-refractivity contribution in [3.05, 3.63) is 131 Å². The lowest BCUT2D eigenvalue weighted by molar-refractivity contribution is -0.123. The molecular weight excluding hydrogens is 598 g/mol. The van der Waals surface area contributed by atoms with Crippen LogP contribution in [-0.2, 0) is 16.0 Å². The number of unbranched alkanes of at least 4 members (excludes halogenated alkanes) is 4. The Kier molecular flexibility index (Phi) is 10.1. The lowest BCUT2D eigenvalue weighted by atomic mass is 9.88. The summed E-state index contributed by atoms with van der Waals surface area (Å²) in [5, 5.41) is 0. The summed E-state index contributed by atoms with van der Waals surface area (Å²) in [7, 11) is 0. The van der Waals surface area contributed by atoms with Crippen LogP contribution in [0.15, 0.2) is 109 Å². The van der Waals surface area contributed by atoms with Gasteiger partial charge in [-0.15, -0.1) is 0 Å². The highest BCUT2D eigenvalue weighted by atomic mass is 16.2. The second-order valence-electron chi connectivity index (χ2n) is 12.9. The molecule has 0 saturated carbocycles. The summed E-state index contributed by atoms with van der Waals surface area (Å²) >= 11 is 0. The van der Waals surface area contributed by atoms with Gasteiger partial charge in [-0.05, 0) is 61.2 Å². The molecule has 4 aromatic rings. The van der Waals surface area contributed by atoms with Crippen molar-refractivity contribution in [2.45, 2.75) is 83.3 Å². The third-order valence-electron chi connectivity index (χ3n) is 9.60. The molecule has 2 aliphatic heterocycles. The van der Waals surface area contributed by atoms with Gasteiger partial charge in [-0.2, -0.15) is 0 Å². The third kappa shape index (κ3) is 6.55. The molecule has 3 atom stereocenters. The minimum absolute atomic E-state index is 0.0930. The van der Waals surface area contributed by atoms with Crippen molar-refractivity contribution in [1.29, 1.82) is 0 Å². The molecule has 2 heterocycles. The number of amides is 4. The molecule has 6 rings (SSSR count). The SMILES string of the molecule is CCCCCCCC(=O)N1c2ccccc2[C@@H](N(C(=O)[C@H](Cc2ccccc2)N2C(=O)c3ccccc3C2=O)c2ccccc2)C[C@@H]1C. The van der Waals surface area contributed by atoms with Gasteiger partial charge >= 0.3 is 0 Å². The van der Waals surface area contributed by atoms with E-state index in [0.717, 1.165) is 47.4 Å². The molecule has 4 amide bonds. The number of hydrogen-bond acceptors (Lipinski definition) is 4. The number of nitrogens with zero attached hydrogens (tertiary/aromatic N) is 3. The Morgan fingerprint density at radius 3 is 2.00 bits per heavy atom. The zero-order valence-corrected chi connectivity index (χ0v) is 27.8. The third-order valence-corrected chi connectivity index (χ3v) is 9.60. The predicted octanol–water partition coefficient (Wildman–Crippen LogP) is 8.15. The summed E-state index contributed by atoms with van der Waals surface area (Å²) in [6.07, 6.45) is 6.49. The Balaban J connectivity index is 1.40. The van der Waals surface area contributed by atoms with Crippen molar-refractivity contribution in [2.75, 3.05) is 9.80 Å². The molecule has 0 aliphatic carbocycles. The maximum absolute atomic E-state index is 15.2. The maximum Gasteiger partial charge on any atom is 0.262 e. The van der Waals surface area contributed by atoms with Crippen molar-refractivity contribution < 1.29 is 19.2 Å². The molecule has 0 unspecified atom stereocenters. The highest BCUT2D eigenvalue weighted by Crippen LogP contribution is 2.43. The molecule has 7 nitrogen and oxygen atoms in total. The first-order valence-electron chi connectivity index (χ1n) is 17.2. The van der Waals surface area contributed by atoms with Crippen molar-refractivity contribution in [1.82, 2.24) is 4.90 Å². The summed E-state index contributed by atoms with van der Waals surface area (Å²) in [4.78, 5) is 61.5. The average Bonchev–Trinajstić information content (AvgIpc) is 3.36. The molecule has 4 aromatic carbocycles. The smallest absolute Gasteiger partial charge is 0.262 e. The van der Waals surface area contributed by atoms with Gasteiger partial charge in [0.2, 0.25) is 5.91 Å². The summed E-state index contributed by atoms with van der Waals surface area (Å²) < 4.78 is 0. The Labute approximate surface area is 283 Å². The molecule has 0 aromatic heterocycles. The van der Waals surface area contributed by atoms with Crippen molar-refractivity contribution >= 4 is 35.0 Å². The van der Waals surface area contributed by atoms with Crippen LogP contribution in [0, 0.1) is 0 Å². The van der Waals surface area contributed by atoms with Crippen molar-refractivity contribution in [3.8, 4) is 0 Å². The number of benzene rings is 4. The molecule has 2 aliphatic rings. The standard InChI is InChI=1S/C41H43N3O4/c1-3-4-5-6-13-26-38(45)42-29(2)27-36(34-24-16-17-25-35(34)42)43(31-20-11-8-12-21-31)41(48)37(28-30-18-9-7-10-19-30)44-39(46)32-22-14-15-23-33(32)40(44)47/h7-12,14-25,29,36-37H,3-6,13,26-28H2,1-2H3/t29-,36-,37-/m0/s1. The van der Waals surface area contributed by atoms with Crippen LogP contribution in [0.1, 0.15) is 96.7 Å². The van der Waals surface area contributed by atoms with Crippen molar-refractivity contribution in [2.24, 2.45) is 0 Å². The molecule has 246 valence electrons. The van der Waals surface area contributed by atoms with Crippen LogP contribution in [0.3, 0.4) is 0 Å². The lowest BCUT2D eigenvalue weighted by Crippen LogP contribution is -2.55. The quantitative estimate of drug-likeness (QED) is 0.116. The van der Waals surface area contributed by atoms with Crippen LogP contribution < -0.4 is 9.80 Å². The topological polar surface area (TPSA) is 78.0 Å². The largest absolute Gasteiger partial charge is 0.309 e. The first kappa shape index (κ1) is 32.9. The molecule has 0 fully saturated rings. The molecular formula is C41H43N3O4. The first-order chi connectivity index (χ1) is 23.4. The van der Waals surface area contributed by atoms with E-state index in [1.807, 2.05) is 96.8 Å². The van der Waals surface area contributed by atoms with Gasteiger partial charge in [-0.25, -0.2) is 0 Å². The number of imide groups is 1. The second-order valence-corrected chi connectivity index (χ2v) is 12.9. The molecule has 0 bridgehead atoms. The summed E-state index contributed by atoms with van der Waals surface area (Å²) in [6.45, 7) is 4.22. The first-order valence-corrected chi connectivity index (χ1v) is 17.2. The zero-order chi connectivity index (χ0) is 33.6. The van der Waals surface area contributed by atoms with Crippen LogP contribution in [-0.4, -0.2) is 40.6 Å². The van der Waals surface area contributed by atoms with E-state index in [1.54, 1.807) is 29.2 Å². The molecule has 48 heavy (non-hydrogen) atoms. The van der Waals surface area contributed by atoms with E-state index in [1.165, 1.54) is 6.42 Å². The van der Waals surface area contributed by atoms with Crippen LogP contribution in [0.5, 0.6) is 0 Å². The van der Waals surface area contributed by atoms with Gasteiger partial charge in [0.25, 0.3) is 17.7 Å². The van der Waals surface area contributed by atoms with Crippen LogP contribution in [0.25, 0.3) is 0 Å². The fraction of sp³-hybridized carbons (Fsp3) is 0.317. The maximum atomic E-state index is 15.2. The Morgan fingerprint density at radius 1 is 0.750 bits per heavy atom. The highest BCUT2D eigenvalue weighted by Gasteiger charge is 2.46. The second kappa shape index (κ2) is 14.8. The number of carbonyl (C=O) groups excluding carboxylic acids is 4. The monoisotopic (exact) mass is 641 g/mol. The average molecular weight is 642 g/mol. The van der Waals surface area contributed by atoms with Gasteiger partial charge in [0.15, 0.2) is 0 Å². The number of anilines is 2. The zero-order valence-electron chi connectivity index (χ0n) is 27.8. The number of hydrogen-bond donors (Lipinski definition) is 0. The van der Waals surface area contributed by atoms with Crippen LogP contribution in [0.4, 0.5) is 11.4 Å². The Bertz CT molecular complexity index is 1740. The van der Waals surface area contributed by atoms with E-state index in [-0.39, 0.29) is 24.3 Å². The van der Waals surface area contributed by atoms with Gasteiger partial charge in [0.05, 0.1) is 17.2 Å². The molecule has 0 N–H and O–H groups in total. The number of rotatable bonds is 12. The number of fused-ring (bicyclic) bond motifs is 2. The minimum Gasteiger partial charge on any atom is -0.309 e. The van der Waals surface area contributed by atoms with E-state index in [9.17, 15) is 14.4 Å². The van der Waals surface area contributed by atoms with E-state index in [0.29, 0.717) is 29.7 Å². The molecule has 0 spiro atoms. The van der Waals surface area contributed by atoms with Crippen LogP contribution >= 0.6 is 0 Å². The summed E-state index contributed by atoms with van der Waals surface area (Å²) in [5.41, 5.74) is 3.79. The van der Waals surface area contributed by atoms with Crippen molar-refractivity contribution in [3.63, 3.8) is 0 Å². The number of para-hydroxylation sites is 2. The van der Waals surface area contributed by atoms with E-state index in [2.05, 4.69) is 6.92 Å². The summed E-state index contributed by atoms with van der Waals surface area (Å²) in [5.74, 6) is -1.19. The van der Waals surface area contributed by atoms with Gasteiger partial charge in [-0.3, -0.25) is 24.1 Å². The van der Waals surface area contributed by atoms with Crippen LogP contribution in [0.2, 0.25) is 0 Å². The van der Waals surface area contributed by atoms with Gasteiger partial charge in [0, 0.05) is 30.3 Å². The van der Waals surface area contributed by atoms with E-state index < -0.39 is 23.9 Å². The summed E-state index contributed by atoms with van der Waals surface area (Å²) in [6, 6.07) is 31.8. The lowest BCUT2D eigenvalue weighted by Gasteiger charge is -2.45. The molecule has 0 radical (unpaired) electrons. The number of carbonyl (C=O) groups is 4. The fourth-order valence-corrected chi connectivity index (χ4v) is 7.23. The van der Waals surface area contributed by atoms with E-state index >= 15 is 4.79 Å². The molecule has 0 saturated heterocycles. The molecule has 7 heteroatoms. The van der Waals surface area contributed by atoms with E-state index in [4.69, 9.17) is 0 Å². The minimum atomic E-state index is -1.09. The normalized spacial score (nSPS) is 17.5. The van der Waals surface area contributed by atoms with Gasteiger partial charge < -0.3 is 9.80 Å². The Hall–Kier alpha value is -5.04. The highest BCUT2D eigenvalue weighted by molar-refractivity contribution is 6.23. The Morgan fingerprint density at radius 2 is 1.33 bits per heavy atom. The fourth-order valence-electron chi connectivity index (χ4n) is 7.23. The van der Waals surface area contributed by atoms with Gasteiger partial charge in [0.1, 0.15) is 6.04 Å². The van der Waals surface area contributed by atoms with Gasteiger partial charge in [-0.1, -0.05) is 111 Å².